The fourth-order valence-electron chi connectivity index (χ4n) is 2.71. The number of rotatable bonds is 4. The molecule has 0 aromatic heterocycles. The summed E-state index contributed by atoms with van der Waals surface area (Å²) in [6.07, 6.45) is 3.65. The van der Waals surface area contributed by atoms with Crippen LogP contribution < -0.4 is 5.32 Å². The predicted octanol–water partition coefficient (Wildman–Crippen LogP) is 2.84. The van der Waals surface area contributed by atoms with E-state index >= 15 is 0 Å². The van der Waals surface area contributed by atoms with Gasteiger partial charge >= 0.3 is 5.97 Å². The van der Waals surface area contributed by atoms with E-state index in [-0.39, 0.29) is 23.8 Å². The Labute approximate surface area is 133 Å². The maximum Gasteiger partial charge on any atom is 0.308 e. The number of benzene rings is 1. The van der Waals surface area contributed by atoms with Crippen LogP contribution in [0.5, 0.6) is 0 Å². The summed E-state index contributed by atoms with van der Waals surface area (Å²) in [4.78, 5) is 23.5. The predicted molar refractivity (Wildman–Crippen MR) is 83.8 cm³/mol. The van der Waals surface area contributed by atoms with Crippen molar-refractivity contribution in [2.45, 2.75) is 38.1 Å². The van der Waals surface area contributed by atoms with Crippen molar-refractivity contribution < 1.29 is 14.3 Å². The molecule has 1 aliphatic rings. The first-order valence-electron chi connectivity index (χ1n) is 7.20. The lowest BCUT2D eigenvalue weighted by Crippen LogP contribution is -2.39. The minimum absolute atomic E-state index is 0.00498. The molecule has 114 valence electrons. The number of ether oxygens (including phenoxy) is 1. The van der Waals surface area contributed by atoms with Crippen molar-refractivity contribution in [2.24, 2.45) is 5.92 Å². The molecule has 0 saturated heterocycles. The van der Waals surface area contributed by atoms with Gasteiger partial charge in [0.05, 0.1) is 19.4 Å². The molecule has 1 aromatic carbocycles. The van der Waals surface area contributed by atoms with Gasteiger partial charge in [-0.15, -0.1) is 0 Å². The lowest BCUT2D eigenvalue weighted by molar-refractivity contribution is -0.146. The molecular weight excluding hydrogens is 334 g/mol. The van der Waals surface area contributed by atoms with E-state index in [2.05, 4.69) is 21.2 Å². The first-order valence-corrected chi connectivity index (χ1v) is 7.99. The minimum atomic E-state index is -0.130. The molecule has 1 saturated carbocycles. The summed E-state index contributed by atoms with van der Waals surface area (Å²) in [6, 6.07) is 7.93. The van der Waals surface area contributed by atoms with Crippen LogP contribution in [0.4, 0.5) is 0 Å². The number of esters is 1. The lowest BCUT2D eigenvalue weighted by Gasteiger charge is -2.27. The number of amides is 1. The fraction of sp³-hybridized carbons (Fsp3) is 0.500. The van der Waals surface area contributed by atoms with Gasteiger partial charge in [0.25, 0.3) is 0 Å². The highest BCUT2D eigenvalue weighted by atomic mass is 79.9. The van der Waals surface area contributed by atoms with Gasteiger partial charge in [0.2, 0.25) is 5.91 Å². The Bertz CT molecular complexity index is 493. The third-order valence-corrected chi connectivity index (χ3v) is 4.43. The number of methoxy groups -OCH3 is 1. The molecule has 0 unspecified atom stereocenters. The highest BCUT2D eigenvalue weighted by Crippen LogP contribution is 2.25. The maximum absolute atomic E-state index is 12.0. The molecule has 0 spiro atoms. The van der Waals surface area contributed by atoms with E-state index in [1.807, 2.05) is 24.3 Å². The third kappa shape index (κ3) is 4.84. The molecule has 1 N–H and O–H groups in total. The van der Waals surface area contributed by atoms with Gasteiger partial charge in [-0.25, -0.2) is 0 Å². The second-order valence-electron chi connectivity index (χ2n) is 5.44. The first-order chi connectivity index (χ1) is 10.1. The smallest absolute Gasteiger partial charge is 0.308 e. The quantitative estimate of drug-likeness (QED) is 0.846. The Morgan fingerprint density at radius 1 is 1.19 bits per heavy atom. The molecule has 0 atom stereocenters. The average Bonchev–Trinajstić information content (AvgIpc) is 2.49. The second-order valence-corrected chi connectivity index (χ2v) is 6.36. The first kappa shape index (κ1) is 16.0. The molecule has 1 fully saturated rings. The maximum atomic E-state index is 12.0. The molecule has 1 aromatic rings. The van der Waals surface area contributed by atoms with Crippen LogP contribution >= 0.6 is 15.9 Å². The van der Waals surface area contributed by atoms with Crippen molar-refractivity contribution >= 4 is 27.8 Å². The Morgan fingerprint density at radius 2 is 1.81 bits per heavy atom. The third-order valence-electron chi connectivity index (χ3n) is 3.90. The van der Waals surface area contributed by atoms with Crippen molar-refractivity contribution in [3.05, 3.63) is 34.3 Å². The van der Waals surface area contributed by atoms with E-state index in [9.17, 15) is 9.59 Å². The molecule has 2 rings (SSSR count). The van der Waals surface area contributed by atoms with Gasteiger partial charge < -0.3 is 10.1 Å². The van der Waals surface area contributed by atoms with Crippen LogP contribution in [0.25, 0.3) is 0 Å². The van der Waals surface area contributed by atoms with Gasteiger partial charge in [0.15, 0.2) is 0 Å². The minimum Gasteiger partial charge on any atom is -0.469 e. The van der Waals surface area contributed by atoms with Gasteiger partial charge in [-0.3, -0.25) is 9.59 Å². The average molecular weight is 354 g/mol. The molecular formula is C16H20BrNO3. The highest BCUT2D eigenvalue weighted by Gasteiger charge is 2.27. The van der Waals surface area contributed by atoms with Gasteiger partial charge in [-0.05, 0) is 43.4 Å². The van der Waals surface area contributed by atoms with E-state index in [0.29, 0.717) is 6.42 Å². The van der Waals surface area contributed by atoms with Crippen molar-refractivity contribution in [3.8, 4) is 0 Å². The summed E-state index contributed by atoms with van der Waals surface area (Å²) in [5.74, 6) is -0.0943. The van der Waals surface area contributed by atoms with Crippen LogP contribution in [0.2, 0.25) is 0 Å². The zero-order chi connectivity index (χ0) is 15.2. The monoisotopic (exact) mass is 353 g/mol. The molecule has 0 bridgehead atoms. The molecule has 1 amide bonds. The van der Waals surface area contributed by atoms with Gasteiger partial charge in [-0.2, -0.15) is 0 Å². The zero-order valence-electron chi connectivity index (χ0n) is 12.1. The molecule has 0 aliphatic heterocycles. The number of carbonyl (C=O) groups is 2. The van der Waals surface area contributed by atoms with Gasteiger partial charge in [-0.1, -0.05) is 28.1 Å². The van der Waals surface area contributed by atoms with E-state index in [4.69, 9.17) is 4.74 Å². The van der Waals surface area contributed by atoms with Crippen LogP contribution in [-0.2, 0) is 20.7 Å². The summed E-state index contributed by atoms with van der Waals surface area (Å²) in [5.41, 5.74) is 0.999. The fourth-order valence-corrected chi connectivity index (χ4v) is 2.97. The summed E-state index contributed by atoms with van der Waals surface area (Å²) in [5, 5.41) is 3.06. The lowest BCUT2D eigenvalue weighted by atomic mass is 9.86. The van der Waals surface area contributed by atoms with E-state index in [0.717, 1.165) is 35.7 Å². The number of nitrogens with one attached hydrogen (secondary N) is 1. The Balaban J connectivity index is 1.76. The molecule has 4 nitrogen and oxygen atoms in total. The number of hydrogen-bond acceptors (Lipinski definition) is 3. The largest absolute Gasteiger partial charge is 0.469 e. The molecule has 5 heteroatoms. The van der Waals surface area contributed by atoms with E-state index in [1.54, 1.807) is 0 Å². The Morgan fingerprint density at radius 3 is 2.38 bits per heavy atom. The highest BCUT2D eigenvalue weighted by molar-refractivity contribution is 9.10. The van der Waals surface area contributed by atoms with E-state index < -0.39 is 0 Å². The summed E-state index contributed by atoms with van der Waals surface area (Å²) in [6.45, 7) is 0. The van der Waals surface area contributed by atoms with Crippen molar-refractivity contribution in [1.29, 1.82) is 0 Å². The van der Waals surface area contributed by atoms with Crippen LogP contribution in [0.1, 0.15) is 31.2 Å². The zero-order valence-corrected chi connectivity index (χ0v) is 13.7. The standard InChI is InChI=1S/C16H20BrNO3/c1-21-16(20)12-4-8-14(9-5-12)18-15(19)10-11-2-6-13(17)7-3-11/h2-3,6-7,12,14H,4-5,8-10H2,1H3,(H,18,19). The second kappa shape index (κ2) is 7.59. The summed E-state index contributed by atoms with van der Waals surface area (Å²) >= 11 is 3.38. The van der Waals surface area contributed by atoms with Crippen LogP contribution in [-0.4, -0.2) is 25.0 Å². The van der Waals surface area contributed by atoms with Gasteiger partial charge in [0, 0.05) is 10.5 Å². The van der Waals surface area contributed by atoms with Gasteiger partial charge in [0.1, 0.15) is 0 Å². The number of halogens is 1. The number of hydrogen-bond donors (Lipinski definition) is 1. The van der Waals surface area contributed by atoms with Crippen molar-refractivity contribution in [3.63, 3.8) is 0 Å². The molecule has 1 aliphatic carbocycles. The van der Waals surface area contributed by atoms with Crippen LogP contribution in [0.3, 0.4) is 0 Å². The molecule has 21 heavy (non-hydrogen) atoms. The molecule has 0 heterocycles. The van der Waals surface area contributed by atoms with Crippen molar-refractivity contribution in [1.82, 2.24) is 5.32 Å². The summed E-state index contributed by atoms with van der Waals surface area (Å²) in [7, 11) is 1.43. The van der Waals surface area contributed by atoms with Crippen molar-refractivity contribution in [2.75, 3.05) is 7.11 Å². The SMILES string of the molecule is COC(=O)C1CCC(NC(=O)Cc2ccc(Br)cc2)CC1. The Hall–Kier alpha value is -1.36. The normalized spacial score (nSPS) is 21.6. The van der Waals surface area contributed by atoms with E-state index in [1.165, 1.54) is 7.11 Å². The molecule has 0 radical (unpaired) electrons. The summed E-state index contributed by atoms with van der Waals surface area (Å²) < 4.78 is 5.77. The number of carbonyl (C=O) groups excluding carboxylic acids is 2. The van der Waals surface area contributed by atoms with Crippen LogP contribution in [0.15, 0.2) is 28.7 Å². The Kier molecular flexibility index (Phi) is 5.79. The topological polar surface area (TPSA) is 55.4 Å². The van der Waals surface area contributed by atoms with Crippen LogP contribution in [0, 0.1) is 5.92 Å².